The highest BCUT2D eigenvalue weighted by Crippen LogP contribution is 2.22. The van der Waals surface area contributed by atoms with Gasteiger partial charge in [-0.05, 0) is 33.7 Å². The molecule has 0 aromatic heterocycles. The van der Waals surface area contributed by atoms with Crippen LogP contribution in [0.2, 0.25) is 0 Å². The van der Waals surface area contributed by atoms with Gasteiger partial charge in [0, 0.05) is 12.6 Å². The lowest BCUT2D eigenvalue weighted by Gasteiger charge is -2.34. The Morgan fingerprint density at radius 1 is 1.23 bits per heavy atom. The van der Waals surface area contributed by atoms with Gasteiger partial charge in [-0.25, -0.2) is 0 Å². The maximum atomic E-state index is 9.68. The molecule has 1 N–H and O–H groups in total. The molecule has 0 unspecified atom stereocenters. The Hall–Kier alpha value is -0.0800. The molecule has 0 heterocycles. The molecule has 0 bridgehead atoms. The van der Waals surface area contributed by atoms with Crippen molar-refractivity contribution in [3.63, 3.8) is 0 Å². The third-order valence-corrected chi connectivity index (χ3v) is 2.83. The average molecular weight is 185 g/mol. The second kappa shape index (κ2) is 4.43. The first-order valence-corrected chi connectivity index (χ1v) is 5.42. The zero-order chi connectivity index (χ0) is 9.90. The van der Waals surface area contributed by atoms with Crippen LogP contribution in [0.1, 0.15) is 46.0 Å². The van der Waals surface area contributed by atoms with Crippen LogP contribution in [0.25, 0.3) is 0 Å². The summed E-state index contributed by atoms with van der Waals surface area (Å²) in [5, 5.41) is 9.68. The average Bonchev–Trinajstić information content (AvgIpc) is 2.03. The van der Waals surface area contributed by atoms with Gasteiger partial charge in [-0.15, -0.1) is 0 Å². The molecule has 1 fully saturated rings. The second-order valence-electron chi connectivity index (χ2n) is 5.02. The summed E-state index contributed by atoms with van der Waals surface area (Å²) in [4.78, 5) is 2.32. The van der Waals surface area contributed by atoms with Gasteiger partial charge in [0.05, 0.1) is 5.60 Å². The molecule has 2 heteroatoms. The number of hydrogen-bond donors (Lipinski definition) is 1. The van der Waals surface area contributed by atoms with E-state index >= 15 is 0 Å². The van der Waals surface area contributed by atoms with Crippen molar-refractivity contribution >= 4 is 0 Å². The molecule has 0 saturated heterocycles. The molecular weight excluding hydrogens is 162 g/mol. The first-order valence-electron chi connectivity index (χ1n) is 5.42. The summed E-state index contributed by atoms with van der Waals surface area (Å²) in [6, 6.07) is 0.708. The van der Waals surface area contributed by atoms with Crippen LogP contribution < -0.4 is 0 Å². The van der Waals surface area contributed by atoms with E-state index in [2.05, 4.69) is 11.9 Å². The normalized spacial score (nSPS) is 21.0. The lowest BCUT2D eigenvalue weighted by atomic mass is 9.93. The van der Waals surface area contributed by atoms with Crippen molar-refractivity contribution in [3.05, 3.63) is 0 Å². The van der Waals surface area contributed by atoms with E-state index in [4.69, 9.17) is 0 Å². The standard InChI is InChI=1S/C11H23NO/c1-11(2,13)9-12(3)10-7-5-4-6-8-10/h10,13H,4-9H2,1-3H3. The fourth-order valence-corrected chi connectivity index (χ4v) is 2.26. The quantitative estimate of drug-likeness (QED) is 0.727. The predicted molar refractivity (Wildman–Crippen MR) is 55.8 cm³/mol. The van der Waals surface area contributed by atoms with E-state index in [1.165, 1.54) is 32.1 Å². The summed E-state index contributed by atoms with van der Waals surface area (Å²) in [5.74, 6) is 0. The topological polar surface area (TPSA) is 23.5 Å². The van der Waals surface area contributed by atoms with E-state index in [0.29, 0.717) is 6.04 Å². The van der Waals surface area contributed by atoms with Crippen LogP contribution in [-0.2, 0) is 0 Å². The highest BCUT2D eigenvalue weighted by atomic mass is 16.3. The minimum atomic E-state index is -0.549. The third-order valence-electron chi connectivity index (χ3n) is 2.83. The Morgan fingerprint density at radius 3 is 2.23 bits per heavy atom. The molecule has 0 aromatic carbocycles. The number of aliphatic hydroxyl groups is 1. The predicted octanol–water partition coefficient (Wildman–Crippen LogP) is 2.02. The van der Waals surface area contributed by atoms with Crippen molar-refractivity contribution in [2.45, 2.75) is 57.6 Å². The van der Waals surface area contributed by atoms with E-state index < -0.39 is 5.60 Å². The van der Waals surface area contributed by atoms with Gasteiger partial charge in [0.2, 0.25) is 0 Å². The molecule has 0 aromatic rings. The van der Waals surface area contributed by atoms with Crippen molar-refractivity contribution in [2.24, 2.45) is 0 Å². The van der Waals surface area contributed by atoms with Gasteiger partial charge in [0.15, 0.2) is 0 Å². The second-order valence-corrected chi connectivity index (χ2v) is 5.02. The zero-order valence-electron chi connectivity index (χ0n) is 9.21. The summed E-state index contributed by atoms with van der Waals surface area (Å²) in [5.41, 5.74) is -0.549. The van der Waals surface area contributed by atoms with Crippen LogP contribution in [-0.4, -0.2) is 35.2 Å². The number of likely N-dealkylation sites (N-methyl/N-ethyl adjacent to an activating group) is 1. The monoisotopic (exact) mass is 185 g/mol. The molecular formula is C11H23NO. The van der Waals surface area contributed by atoms with Crippen molar-refractivity contribution in [1.29, 1.82) is 0 Å². The fraction of sp³-hybridized carbons (Fsp3) is 1.00. The smallest absolute Gasteiger partial charge is 0.0718 e. The molecule has 1 aliphatic carbocycles. The van der Waals surface area contributed by atoms with E-state index in [1.54, 1.807) is 0 Å². The Bertz CT molecular complexity index is 145. The minimum absolute atomic E-state index is 0.549. The third kappa shape index (κ3) is 4.10. The molecule has 0 aliphatic heterocycles. The summed E-state index contributed by atoms with van der Waals surface area (Å²) < 4.78 is 0. The molecule has 0 amide bonds. The van der Waals surface area contributed by atoms with Gasteiger partial charge in [-0.1, -0.05) is 19.3 Å². The lowest BCUT2D eigenvalue weighted by Crippen LogP contribution is -2.42. The molecule has 1 rings (SSSR count). The van der Waals surface area contributed by atoms with Crippen LogP contribution in [0.5, 0.6) is 0 Å². The molecule has 0 radical (unpaired) electrons. The molecule has 1 aliphatic rings. The Kier molecular flexibility index (Phi) is 3.74. The van der Waals surface area contributed by atoms with Gasteiger partial charge in [-0.3, -0.25) is 0 Å². The number of nitrogens with zero attached hydrogens (tertiary/aromatic N) is 1. The Morgan fingerprint density at radius 2 is 1.77 bits per heavy atom. The highest BCUT2D eigenvalue weighted by Gasteiger charge is 2.22. The van der Waals surface area contributed by atoms with Gasteiger partial charge >= 0.3 is 0 Å². The lowest BCUT2D eigenvalue weighted by molar-refractivity contribution is 0.0253. The first kappa shape index (κ1) is 11.0. The van der Waals surface area contributed by atoms with Crippen LogP contribution >= 0.6 is 0 Å². The molecule has 78 valence electrons. The molecule has 13 heavy (non-hydrogen) atoms. The maximum absolute atomic E-state index is 9.68. The Labute approximate surface area is 81.9 Å². The van der Waals surface area contributed by atoms with Crippen LogP contribution in [0.4, 0.5) is 0 Å². The maximum Gasteiger partial charge on any atom is 0.0718 e. The van der Waals surface area contributed by atoms with E-state index in [1.807, 2.05) is 13.8 Å². The van der Waals surface area contributed by atoms with Crippen LogP contribution in [0.3, 0.4) is 0 Å². The van der Waals surface area contributed by atoms with E-state index in [-0.39, 0.29) is 0 Å². The first-order chi connectivity index (χ1) is 5.99. The van der Waals surface area contributed by atoms with E-state index in [9.17, 15) is 5.11 Å². The molecule has 0 spiro atoms. The number of rotatable bonds is 3. The SMILES string of the molecule is CN(CC(C)(C)O)C1CCCCC1. The summed E-state index contributed by atoms with van der Waals surface area (Å²) in [6.45, 7) is 4.55. The fourth-order valence-electron chi connectivity index (χ4n) is 2.26. The van der Waals surface area contributed by atoms with Gasteiger partial charge in [0.25, 0.3) is 0 Å². The summed E-state index contributed by atoms with van der Waals surface area (Å²) in [7, 11) is 2.13. The zero-order valence-corrected chi connectivity index (χ0v) is 9.21. The van der Waals surface area contributed by atoms with Crippen molar-refractivity contribution in [3.8, 4) is 0 Å². The molecule has 1 saturated carbocycles. The van der Waals surface area contributed by atoms with Gasteiger partial charge in [-0.2, -0.15) is 0 Å². The van der Waals surface area contributed by atoms with Gasteiger partial charge < -0.3 is 10.0 Å². The highest BCUT2D eigenvalue weighted by molar-refractivity contribution is 4.78. The van der Waals surface area contributed by atoms with Crippen molar-refractivity contribution < 1.29 is 5.11 Å². The van der Waals surface area contributed by atoms with Crippen molar-refractivity contribution in [1.82, 2.24) is 4.90 Å². The van der Waals surface area contributed by atoms with Crippen LogP contribution in [0, 0.1) is 0 Å². The van der Waals surface area contributed by atoms with Gasteiger partial charge in [0.1, 0.15) is 0 Å². The molecule has 0 atom stereocenters. The summed E-state index contributed by atoms with van der Waals surface area (Å²) in [6.07, 6.45) is 6.74. The van der Waals surface area contributed by atoms with E-state index in [0.717, 1.165) is 6.54 Å². The minimum Gasteiger partial charge on any atom is -0.389 e. The van der Waals surface area contributed by atoms with Crippen molar-refractivity contribution in [2.75, 3.05) is 13.6 Å². The largest absolute Gasteiger partial charge is 0.389 e. The number of hydrogen-bond acceptors (Lipinski definition) is 2. The summed E-state index contributed by atoms with van der Waals surface area (Å²) >= 11 is 0. The molecule has 2 nitrogen and oxygen atoms in total. The van der Waals surface area contributed by atoms with Crippen LogP contribution in [0.15, 0.2) is 0 Å². The Balaban J connectivity index is 2.33.